The van der Waals surface area contributed by atoms with Crippen LogP contribution in [0.4, 0.5) is 14.9 Å². The van der Waals surface area contributed by atoms with Crippen molar-refractivity contribution in [1.82, 2.24) is 4.90 Å². The number of ether oxygens (including phenoxy) is 3. The third kappa shape index (κ3) is 6.94. The van der Waals surface area contributed by atoms with Gasteiger partial charge in [-0.15, -0.1) is 0 Å². The number of nitrogens with one attached hydrogen (secondary N) is 1. The van der Waals surface area contributed by atoms with Gasteiger partial charge in [0, 0.05) is 5.69 Å². The fourth-order valence-electron chi connectivity index (χ4n) is 2.99. The van der Waals surface area contributed by atoms with Gasteiger partial charge in [-0.2, -0.15) is 0 Å². The van der Waals surface area contributed by atoms with E-state index in [2.05, 4.69) is 5.32 Å². The number of esters is 1. The molecule has 184 valence electrons. The molecule has 1 heterocycles. The maximum absolute atomic E-state index is 13.3. The van der Waals surface area contributed by atoms with E-state index in [9.17, 15) is 23.6 Å². The Kier molecular flexibility index (Phi) is 9.09. The third-order valence-electron chi connectivity index (χ3n) is 4.47. The van der Waals surface area contributed by atoms with Crippen LogP contribution < -0.4 is 14.8 Å². The molecule has 9 nitrogen and oxygen atoms in total. The highest BCUT2D eigenvalue weighted by molar-refractivity contribution is 14.1. The van der Waals surface area contributed by atoms with Gasteiger partial charge in [0.15, 0.2) is 18.1 Å². The number of halogens is 2. The van der Waals surface area contributed by atoms with E-state index in [1.165, 1.54) is 31.4 Å². The first-order valence-corrected chi connectivity index (χ1v) is 12.1. The summed E-state index contributed by atoms with van der Waals surface area (Å²) in [5, 5.41) is 1.85. The lowest BCUT2D eigenvalue weighted by molar-refractivity contribution is -0.145. The van der Waals surface area contributed by atoms with E-state index in [4.69, 9.17) is 14.2 Å². The summed E-state index contributed by atoms with van der Waals surface area (Å²) in [5.74, 6) is -1.67. The van der Waals surface area contributed by atoms with Gasteiger partial charge in [0.1, 0.15) is 12.4 Å². The molecule has 0 aliphatic carbocycles. The van der Waals surface area contributed by atoms with Crippen LogP contribution in [0.1, 0.15) is 12.5 Å². The van der Waals surface area contributed by atoms with Crippen molar-refractivity contribution in [3.63, 3.8) is 0 Å². The van der Waals surface area contributed by atoms with E-state index in [0.717, 1.165) is 11.0 Å². The predicted molar refractivity (Wildman–Crippen MR) is 136 cm³/mol. The van der Waals surface area contributed by atoms with Gasteiger partial charge in [0.2, 0.25) is 5.91 Å². The zero-order valence-corrected chi connectivity index (χ0v) is 21.6. The highest BCUT2D eigenvalue weighted by Crippen LogP contribution is 2.37. The van der Waals surface area contributed by atoms with Crippen LogP contribution in [-0.4, -0.2) is 54.8 Å². The summed E-state index contributed by atoms with van der Waals surface area (Å²) in [6.07, 6.45) is 1.50. The summed E-state index contributed by atoms with van der Waals surface area (Å²) in [4.78, 5) is 49.9. The highest BCUT2D eigenvalue weighted by Gasteiger charge is 2.36. The Morgan fingerprint density at radius 3 is 2.69 bits per heavy atom. The number of methoxy groups -OCH3 is 1. The molecule has 1 saturated heterocycles. The topological polar surface area (TPSA) is 111 Å². The van der Waals surface area contributed by atoms with E-state index in [0.29, 0.717) is 32.4 Å². The van der Waals surface area contributed by atoms with Crippen LogP contribution in [0, 0.1) is 9.39 Å². The first-order valence-electron chi connectivity index (χ1n) is 10.2. The van der Waals surface area contributed by atoms with Gasteiger partial charge < -0.3 is 19.5 Å². The molecular weight excluding hydrogens is 594 g/mol. The monoisotopic (exact) mass is 614 g/mol. The van der Waals surface area contributed by atoms with Crippen molar-refractivity contribution in [3.8, 4) is 11.5 Å². The minimum Gasteiger partial charge on any atom is -0.493 e. The van der Waals surface area contributed by atoms with E-state index in [1.807, 2.05) is 22.6 Å². The van der Waals surface area contributed by atoms with Crippen LogP contribution in [0.2, 0.25) is 0 Å². The van der Waals surface area contributed by atoms with Gasteiger partial charge in [-0.3, -0.25) is 19.3 Å². The molecule has 35 heavy (non-hydrogen) atoms. The second-order valence-electron chi connectivity index (χ2n) is 6.95. The Balaban J connectivity index is 1.73. The van der Waals surface area contributed by atoms with Crippen molar-refractivity contribution >= 4 is 69.1 Å². The fourth-order valence-corrected chi connectivity index (χ4v) is 4.61. The van der Waals surface area contributed by atoms with Gasteiger partial charge in [0.05, 0.1) is 22.2 Å². The summed E-state index contributed by atoms with van der Waals surface area (Å²) in [5.41, 5.74) is 0.758. The zero-order valence-electron chi connectivity index (χ0n) is 18.6. The number of carbonyl (C=O) groups is 4. The lowest BCUT2D eigenvalue weighted by atomic mass is 10.2. The number of anilines is 1. The molecule has 0 aromatic heterocycles. The molecule has 3 rings (SSSR count). The van der Waals surface area contributed by atoms with Crippen LogP contribution in [0.25, 0.3) is 6.08 Å². The van der Waals surface area contributed by atoms with E-state index in [1.54, 1.807) is 19.1 Å². The van der Waals surface area contributed by atoms with Crippen molar-refractivity contribution in [2.75, 3.05) is 32.2 Å². The van der Waals surface area contributed by atoms with Gasteiger partial charge in [-0.25, -0.2) is 9.18 Å². The summed E-state index contributed by atoms with van der Waals surface area (Å²) >= 11 is 2.69. The number of benzene rings is 2. The molecule has 1 aliphatic rings. The molecule has 0 bridgehead atoms. The smallest absolute Gasteiger partial charge is 0.344 e. The molecule has 0 unspecified atom stereocenters. The van der Waals surface area contributed by atoms with Gasteiger partial charge in [0.25, 0.3) is 11.1 Å². The number of thioether (sulfide) groups is 1. The minimum absolute atomic E-state index is 0.117. The maximum Gasteiger partial charge on any atom is 0.344 e. The first kappa shape index (κ1) is 26.5. The summed E-state index contributed by atoms with van der Waals surface area (Å²) in [6.45, 7) is 1.11. The molecule has 2 aromatic carbocycles. The van der Waals surface area contributed by atoms with Crippen molar-refractivity contribution in [2.24, 2.45) is 0 Å². The lowest BCUT2D eigenvalue weighted by Gasteiger charge is -2.13. The van der Waals surface area contributed by atoms with Crippen molar-refractivity contribution in [2.45, 2.75) is 6.92 Å². The van der Waals surface area contributed by atoms with Crippen LogP contribution in [0.3, 0.4) is 0 Å². The van der Waals surface area contributed by atoms with Crippen molar-refractivity contribution in [1.29, 1.82) is 0 Å². The van der Waals surface area contributed by atoms with Gasteiger partial charge in [-0.05, 0) is 83.2 Å². The highest BCUT2D eigenvalue weighted by atomic mass is 127. The second kappa shape index (κ2) is 12.0. The number of hydrogen-bond donors (Lipinski definition) is 1. The minimum atomic E-state index is -0.640. The Morgan fingerprint density at radius 1 is 1.23 bits per heavy atom. The predicted octanol–water partition coefficient (Wildman–Crippen LogP) is 4.06. The second-order valence-corrected chi connectivity index (χ2v) is 9.11. The summed E-state index contributed by atoms with van der Waals surface area (Å²) in [7, 11) is 1.43. The number of hydrogen-bond acceptors (Lipinski definition) is 8. The van der Waals surface area contributed by atoms with Crippen LogP contribution in [0.5, 0.6) is 11.5 Å². The molecule has 0 atom stereocenters. The average Bonchev–Trinajstić information content (AvgIpc) is 3.05. The normalized spacial score (nSPS) is 14.3. The standard InChI is InChI=1S/C23H20FIN2O7S/c1-3-33-20(29)12-34-21-16(25)7-13(8-17(21)32-2)9-18-22(30)27(23(31)35-18)11-19(28)26-15-6-4-5-14(24)10-15/h4-10H,3,11-12H2,1-2H3,(H,26,28)/b18-9+. The van der Waals surface area contributed by atoms with Gasteiger partial charge in [-0.1, -0.05) is 6.07 Å². The Bertz CT molecular complexity index is 1200. The molecule has 1 N–H and O–H groups in total. The molecule has 12 heteroatoms. The number of nitrogens with zero attached hydrogens (tertiary/aromatic N) is 1. The van der Waals surface area contributed by atoms with Crippen LogP contribution in [0.15, 0.2) is 41.3 Å². The summed E-state index contributed by atoms with van der Waals surface area (Å²) in [6, 6.07) is 8.55. The molecule has 0 saturated carbocycles. The summed E-state index contributed by atoms with van der Waals surface area (Å²) < 4.78 is 29.6. The quantitative estimate of drug-likeness (QED) is 0.256. The molecule has 1 fully saturated rings. The lowest BCUT2D eigenvalue weighted by Crippen LogP contribution is -2.36. The number of amides is 3. The van der Waals surface area contributed by atoms with Gasteiger partial charge >= 0.3 is 5.97 Å². The SMILES string of the molecule is CCOC(=O)COc1c(I)cc(/C=C2/SC(=O)N(CC(=O)Nc3cccc(F)c3)C2=O)cc1OC. The van der Waals surface area contributed by atoms with E-state index < -0.39 is 35.4 Å². The largest absolute Gasteiger partial charge is 0.493 e. The van der Waals surface area contributed by atoms with Crippen LogP contribution in [-0.2, 0) is 19.1 Å². The maximum atomic E-state index is 13.3. The molecule has 0 radical (unpaired) electrons. The number of rotatable bonds is 9. The van der Waals surface area contributed by atoms with E-state index >= 15 is 0 Å². The molecule has 1 aliphatic heterocycles. The van der Waals surface area contributed by atoms with Crippen molar-refractivity contribution in [3.05, 3.63) is 56.3 Å². The van der Waals surface area contributed by atoms with E-state index in [-0.39, 0.29) is 23.8 Å². The van der Waals surface area contributed by atoms with Crippen LogP contribution >= 0.6 is 34.4 Å². The molecular formula is C23H20FIN2O7S. The number of carbonyl (C=O) groups excluding carboxylic acids is 4. The molecule has 2 aromatic rings. The van der Waals surface area contributed by atoms with Crippen molar-refractivity contribution < 1.29 is 37.8 Å². The number of imide groups is 1. The Hall–Kier alpha value is -3.13. The first-order chi connectivity index (χ1) is 16.7. The zero-order chi connectivity index (χ0) is 25.5. The third-order valence-corrected chi connectivity index (χ3v) is 6.18. The Labute approximate surface area is 218 Å². The fraction of sp³-hybridized carbons (Fsp3) is 0.217. The Morgan fingerprint density at radius 2 is 2.00 bits per heavy atom. The molecule has 3 amide bonds. The molecule has 0 spiro atoms. The average molecular weight is 614 g/mol.